The second-order valence-corrected chi connectivity index (χ2v) is 5.68. The van der Waals surface area contributed by atoms with E-state index in [2.05, 4.69) is 45.2 Å². The molecule has 3 N–H and O–H groups in total. The Bertz CT molecular complexity index is 676. The zero-order chi connectivity index (χ0) is 14.7. The number of nitrogens with two attached hydrogens (primary N) is 1. The predicted molar refractivity (Wildman–Crippen MR) is 90.3 cm³/mol. The quantitative estimate of drug-likeness (QED) is 0.506. The van der Waals surface area contributed by atoms with Crippen molar-refractivity contribution in [3.05, 3.63) is 47.4 Å². The van der Waals surface area contributed by atoms with Gasteiger partial charge in [-0.05, 0) is 29.7 Å². The Morgan fingerprint density at radius 1 is 1.52 bits per heavy atom. The first-order chi connectivity index (χ1) is 10.3. The molecule has 21 heavy (non-hydrogen) atoms. The average molecular weight is 299 g/mol. The average Bonchev–Trinajstić information content (AvgIpc) is 3.06. The fourth-order valence-corrected chi connectivity index (χ4v) is 2.96. The molecule has 0 aliphatic carbocycles. The van der Waals surface area contributed by atoms with E-state index in [9.17, 15) is 0 Å². The number of hydrazone groups is 1. The van der Waals surface area contributed by atoms with Crippen molar-refractivity contribution in [2.45, 2.75) is 6.42 Å². The van der Waals surface area contributed by atoms with Gasteiger partial charge in [0, 0.05) is 24.2 Å². The minimum absolute atomic E-state index is 0.512. The molecule has 1 aromatic carbocycles. The fourth-order valence-electron chi connectivity index (χ4n) is 2.42. The van der Waals surface area contributed by atoms with Crippen molar-refractivity contribution >= 4 is 34.2 Å². The van der Waals surface area contributed by atoms with E-state index in [0.29, 0.717) is 10.9 Å². The highest BCUT2D eigenvalue weighted by molar-refractivity contribution is 7.14. The number of anilines is 3. The third kappa shape index (κ3) is 3.05. The minimum atomic E-state index is 0.512. The SMILES string of the molecule is C=CCN1CCc2cc(C=NNc3nc(N)cs3)ccc21. The summed E-state index contributed by atoms with van der Waals surface area (Å²) in [7, 11) is 0. The van der Waals surface area contributed by atoms with Crippen LogP contribution in [0.3, 0.4) is 0 Å². The van der Waals surface area contributed by atoms with Gasteiger partial charge in [-0.2, -0.15) is 5.10 Å². The van der Waals surface area contributed by atoms with Crippen LogP contribution in [-0.2, 0) is 6.42 Å². The van der Waals surface area contributed by atoms with Gasteiger partial charge >= 0.3 is 0 Å². The molecule has 2 aromatic rings. The van der Waals surface area contributed by atoms with Crippen molar-refractivity contribution in [1.29, 1.82) is 0 Å². The molecule has 0 fully saturated rings. The fraction of sp³-hybridized carbons (Fsp3) is 0.200. The van der Waals surface area contributed by atoms with Crippen LogP contribution in [0.5, 0.6) is 0 Å². The van der Waals surface area contributed by atoms with E-state index in [1.165, 1.54) is 22.6 Å². The summed E-state index contributed by atoms with van der Waals surface area (Å²) in [6, 6.07) is 6.40. The first kappa shape index (κ1) is 13.6. The second-order valence-electron chi connectivity index (χ2n) is 4.82. The van der Waals surface area contributed by atoms with E-state index in [-0.39, 0.29) is 0 Å². The lowest BCUT2D eigenvalue weighted by atomic mass is 10.1. The largest absolute Gasteiger partial charge is 0.383 e. The highest BCUT2D eigenvalue weighted by Gasteiger charge is 2.17. The minimum Gasteiger partial charge on any atom is -0.383 e. The number of thiazole rings is 1. The molecule has 0 amide bonds. The first-order valence-corrected chi connectivity index (χ1v) is 7.63. The van der Waals surface area contributed by atoms with Crippen LogP contribution in [0, 0.1) is 0 Å². The predicted octanol–water partition coefficient (Wildman–Crippen LogP) is 2.72. The third-order valence-electron chi connectivity index (χ3n) is 3.34. The molecule has 6 heteroatoms. The van der Waals surface area contributed by atoms with E-state index >= 15 is 0 Å². The number of rotatable bonds is 5. The Labute approximate surface area is 127 Å². The van der Waals surface area contributed by atoms with Gasteiger partial charge in [0.2, 0.25) is 5.13 Å². The number of nitrogens with one attached hydrogen (secondary N) is 1. The van der Waals surface area contributed by atoms with Crippen molar-refractivity contribution in [2.75, 3.05) is 29.1 Å². The number of nitrogens with zero attached hydrogens (tertiary/aromatic N) is 3. The van der Waals surface area contributed by atoms with E-state index in [4.69, 9.17) is 5.73 Å². The number of benzene rings is 1. The molecule has 1 aromatic heterocycles. The smallest absolute Gasteiger partial charge is 0.205 e. The van der Waals surface area contributed by atoms with Crippen molar-refractivity contribution in [2.24, 2.45) is 5.10 Å². The molecular formula is C15H17N5S. The summed E-state index contributed by atoms with van der Waals surface area (Å²) in [4.78, 5) is 6.42. The Morgan fingerprint density at radius 2 is 2.43 bits per heavy atom. The van der Waals surface area contributed by atoms with Crippen molar-refractivity contribution in [3.63, 3.8) is 0 Å². The Balaban J connectivity index is 1.68. The zero-order valence-corrected chi connectivity index (χ0v) is 12.4. The summed E-state index contributed by atoms with van der Waals surface area (Å²) in [5.74, 6) is 0.512. The van der Waals surface area contributed by atoms with Crippen molar-refractivity contribution < 1.29 is 0 Å². The molecule has 0 spiro atoms. The lowest BCUT2D eigenvalue weighted by molar-refractivity contribution is 0.905. The van der Waals surface area contributed by atoms with Crippen LogP contribution >= 0.6 is 11.3 Å². The molecule has 0 atom stereocenters. The molecule has 0 saturated carbocycles. The summed E-state index contributed by atoms with van der Waals surface area (Å²) >= 11 is 1.43. The Morgan fingerprint density at radius 3 is 3.19 bits per heavy atom. The molecule has 3 rings (SSSR count). The molecule has 0 radical (unpaired) electrons. The summed E-state index contributed by atoms with van der Waals surface area (Å²) in [6.45, 7) is 5.75. The van der Waals surface area contributed by atoms with Gasteiger partial charge in [0.1, 0.15) is 5.82 Å². The molecule has 0 saturated heterocycles. The van der Waals surface area contributed by atoms with Gasteiger partial charge in [0.15, 0.2) is 0 Å². The van der Waals surface area contributed by atoms with Gasteiger partial charge < -0.3 is 10.6 Å². The lowest BCUT2D eigenvalue weighted by Gasteiger charge is -2.16. The Kier molecular flexibility index (Phi) is 3.87. The lowest BCUT2D eigenvalue weighted by Crippen LogP contribution is -2.19. The summed E-state index contributed by atoms with van der Waals surface area (Å²) < 4.78 is 0. The van der Waals surface area contributed by atoms with E-state index < -0.39 is 0 Å². The van der Waals surface area contributed by atoms with Crippen LogP contribution in [-0.4, -0.2) is 24.3 Å². The number of aromatic nitrogens is 1. The third-order valence-corrected chi connectivity index (χ3v) is 4.11. The van der Waals surface area contributed by atoms with Gasteiger partial charge in [-0.1, -0.05) is 12.1 Å². The number of hydrogen-bond acceptors (Lipinski definition) is 6. The van der Waals surface area contributed by atoms with Gasteiger partial charge in [-0.3, -0.25) is 5.43 Å². The maximum Gasteiger partial charge on any atom is 0.205 e. The van der Waals surface area contributed by atoms with Crippen molar-refractivity contribution in [3.8, 4) is 0 Å². The normalized spacial score (nSPS) is 13.6. The molecular weight excluding hydrogens is 282 g/mol. The second kappa shape index (κ2) is 5.97. The van der Waals surface area contributed by atoms with Gasteiger partial charge in [-0.15, -0.1) is 17.9 Å². The van der Waals surface area contributed by atoms with Crippen LogP contribution in [0.1, 0.15) is 11.1 Å². The molecule has 0 bridgehead atoms. The van der Waals surface area contributed by atoms with Crippen molar-refractivity contribution in [1.82, 2.24) is 4.98 Å². The molecule has 5 nitrogen and oxygen atoms in total. The van der Waals surface area contributed by atoms with Crippen LogP contribution < -0.4 is 16.1 Å². The summed E-state index contributed by atoms with van der Waals surface area (Å²) in [5, 5.41) is 6.67. The molecule has 0 unspecified atom stereocenters. The van der Waals surface area contributed by atoms with E-state index in [1.807, 2.05) is 6.08 Å². The maximum atomic E-state index is 5.56. The number of fused-ring (bicyclic) bond motifs is 1. The van der Waals surface area contributed by atoms with Crippen LogP contribution in [0.15, 0.2) is 41.3 Å². The zero-order valence-electron chi connectivity index (χ0n) is 11.6. The van der Waals surface area contributed by atoms with Gasteiger partial charge in [0.25, 0.3) is 0 Å². The van der Waals surface area contributed by atoms with Gasteiger partial charge in [0.05, 0.1) is 6.21 Å². The highest BCUT2D eigenvalue weighted by atomic mass is 32.1. The first-order valence-electron chi connectivity index (χ1n) is 6.75. The number of nitrogen functional groups attached to an aromatic ring is 1. The van der Waals surface area contributed by atoms with Crippen LogP contribution in [0.4, 0.5) is 16.6 Å². The van der Waals surface area contributed by atoms with Gasteiger partial charge in [-0.25, -0.2) is 4.98 Å². The summed E-state index contributed by atoms with van der Waals surface area (Å²) in [5.41, 5.74) is 12.2. The van der Waals surface area contributed by atoms with Crippen LogP contribution in [0.2, 0.25) is 0 Å². The summed E-state index contributed by atoms with van der Waals surface area (Å²) in [6.07, 6.45) is 4.81. The highest BCUT2D eigenvalue weighted by Crippen LogP contribution is 2.28. The maximum absolute atomic E-state index is 5.56. The topological polar surface area (TPSA) is 66.5 Å². The standard InChI is InChI=1S/C15H17N5S/c1-2-6-20-7-5-12-8-11(3-4-13(12)20)9-17-19-15-18-14(16)10-21-15/h2-4,8-10H,1,5-7,16H2,(H,18,19). The monoisotopic (exact) mass is 299 g/mol. The van der Waals surface area contributed by atoms with E-state index in [1.54, 1.807) is 11.6 Å². The molecule has 1 aliphatic heterocycles. The molecule has 1 aliphatic rings. The Hall–Kier alpha value is -2.34. The molecule has 108 valence electrons. The number of hydrogen-bond donors (Lipinski definition) is 2. The van der Waals surface area contributed by atoms with E-state index in [0.717, 1.165) is 25.1 Å². The van der Waals surface area contributed by atoms with Crippen LogP contribution in [0.25, 0.3) is 0 Å². The molecule has 2 heterocycles.